The molecule has 0 bridgehead atoms. The normalized spacial score (nSPS) is 16.1. The van der Waals surface area contributed by atoms with Crippen LogP contribution in [0, 0.1) is 17.6 Å². The summed E-state index contributed by atoms with van der Waals surface area (Å²) in [4.78, 5) is 19.8. The van der Waals surface area contributed by atoms with E-state index >= 15 is 0 Å². The minimum absolute atomic E-state index is 0.0371. The summed E-state index contributed by atoms with van der Waals surface area (Å²) in [6.07, 6.45) is -0.0860. The Morgan fingerprint density at radius 3 is 2.71 bits per heavy atom. The number of nitrogens with zero attached hydrogens (tertiary/aromatic N) is 2. The number of rotatable bonds is 6. The molecule has 0 saturated carbocycles. The lowest BCUT2D eigenvalue weighted by molar-refractivity contribution is -0.136. The highest BCUT2D eigenvalue weighted by Crippen LogP contribution is 2.23. The standard InChI is InChI=1S/C21H21ClF2N2O2/c1-13(2)21(27)26(11-14-5-3-4-6-18(14)22)12-16-10-20(25-28-16)17-8-7-15(23)9-19(17)24/h3-9,13,16H,10-12H2,1-2H3. The van der Waals surface area contributed by atoms with E-state index in [0.29, 0.717) is 23.7 Å². The van der Waals surface area contributed by atoms with Crippen molar-refractivity contribution in [3.8, 4) is 0 Å². The van der Waals surface area contributed by atoms with Gasteiger partial charge in [-0.3, -0.25) is 4.79 Å². The molecule has 148 valence electrons. The van der Waals surface area contributed by atoms with Gasteiger partial charge < -0.3 is 9.74 Å². The number of oxime groups is 1. The Kier molecular flexibility index (Phi) is 6.29. The van der Waals surface area contributed by atoms with Gasteiger partial charge in [-0.15, -0.1) is 0 Å². The first-order valence-electron chi connectivity index (χ1n) is 9.05. The van der Waals surface area contributed by atoms with Crippen LogP contribution in [-0.2, 0) is 16.2 Å². The molecule has 0 fully saturated rings. The highest BCUT2D eigenvalue weighted by Gasteiger charge is 2.29. The molecule has 3 rings (SSSR count). The van der Waals surface area contributed by atoms with E-state index in [1.165, 1.54) is 12.1 Å². The van der Waals surface area contributed by atoms with Gasteiger partial charge in [0.2, 0.25) is 5.91 Å². The zero-order chi connectivity index (χ0) is 20.3. The molecule has 1 unspecified atom stereocenters. The van der Waals surface area contributed by atoms with Crippen LogP contribution >= 0.6 is 11.6 Å². The van der Waals surface area contributed by atoms with Gasteiger partial charge >= 0.3 is 0 Å². The first kappa shape index (κ1) is 20.3. The van der Waals surface area contributed by atoms with Crippen LogP contribution in [0.2, 0.25) is 5.02 Å². The second-order valence-corrected chi connectivity index (χ2v) is 7.47. The number of hydrogen-bond acceptors (Lipinski definition) is 3. The van der Waals surface area contributed by atoms with Crippen LogP contribution in [0.15, 0.2) is 47.6 Å². The van der Waals surface area contributed by atoms with Crippen molar-refractivity contribution in [1.29, 1.82) is 0 Å². The van der Waals surface area contributed by atoms with Crippen LogP contribution in [0.1, 0.15) is 31.4 Å². The number of carbonyl (C=O) groups excluding carboxylic acids is 1. The van der Waals surface area contributed by atoms with Gasteiger partial charge in [-0.05, 0) is 23.8 Å². The Labute approximate surface area is 167 Å². The molecule has 1 amide bonds. The molecule has 0 spiro atoms. The lowest BCUT2D eigenvalue weighted by atomic mass is 10.0. The van der Waals surface area contributed by atoms with E-state index in [2.05, 4.69) is 5.16 Å². The van der Waals surface area contributed by atoms with E-state index in [0.717, 1.165) is 11.6 Å². The zero-order valence-electron chi connectivity index (χ0n) is 15.7. The molecule has 2 aromatic carbocycles. The van der Waals surface area contributed by atoms with Gasteiger partial charge in [0, 0.05) is 35.5 Å². The van der Waals surface area contributed by atoms with Gasteiger partial charge in [0.1, 0.15) is 11.6 Å². The first-order valence-corrected chi connectivity index (χ1v) is 9.43. The maximum absolute atomic E-state index is 14.0. The molecular formula is C21H21ClF2N2O2. The van der Waals surface area contributed by atoms with Crippen molar-refractivity contribution in [1.82, 2.24) is 4.90 Å². The molecule has 28 heavy (non-hydrogen) atoms. The molecule has 0 radical (unpaired) electrons. The molecule has 1 aliphatic heterocycles. The molecule has 0 aliphatic carbocycles. The molecule has 1 aliphatic rings. The molecule has 7 heteroatoms. The minimum Gasteiger partial charge on any atom is -0.390 e. The van der Waals surface area contributed by atoms with Gasteiger partial charge in [0.05, 0.1) is 12.3 Å². The van der Waals surface area contributed by atoms with E-state index in [4.69, 9.17) is 16.4 Å². The summed E-state index contributed by atoms with van der Waals surface area (Å²) >= 11 is 6.24. The van der Waals surface area contributed by atoms with Crippen LogP contribution < -0.4 is 0 Å². The van der Waals surface area contributed by atoms with Crippen LogP contribution in [-0.4, -0.2) is 29.2 Å². The van der Waals surface area contributed by atoms with Gasteiger partial charge in [-0.2, -0.15) is 0 Å². The highest BCUT2D eigenvalue weighted by molar-refractivity contribution is 6.31. The average molecular weight is 407 g/mol. The van der Waals surface area contributed by atoms with Crippen LogP contribution in [0.3, 0.4) is 0 Å². The van der Waals surface area contributed by atoms with Gasteiger partial charge in [-0.25, -0.2) is 8.78 Å². The molecule has 4 nitrogen and oxygen atoms in total. The summed E-state index contributed by atoms with van der Waals surface area (Å²) in [7, 11) is 0. The van der Waals surface area contributed by atoms with Gasteiger partial charge in [0.15, 0.2) is 6.10 Å². The third kappa shape index (κ3) is 4.68. The fourth-order valence-electron chi connectivity index (χ4n) is 3.08. The molecule has 1 atom stereocenters. The van der Waals surface area contributed by atoms with Gasteiger partial charge in [-0.1, -0.05) is 48.8 Å². The molecule has 0 N–H and O–H groups in total. The number of halogens is 3. The number of hydrogen-bond donors (Lipinski definition) is 0. The summed E-state index contributed by atoms with van der Waals surface area (Å²) in [5, 5.41) is 4.53. The smallest absolute Gasteiger partial charge is 0.225 e. The molecular weight excluding hydrogens is 386 g/mol. The fourth-order valence-corrected chi connectivity index (χ4v) is 3.28. The Hall–Kier alpha value is -2.47. The van der Waals surface area contributed by atoms with E-state index in [1.54, 1.807) is 11.0 Å². The monoisotopic (exact) mass is 406 g/mol. The topological polar surface area (TPSA) is 41.9 Å². The van der Waals surface area contributed by atoms with Crippen molar-refractivity contribution in [2.45, 2.75) is 32.9 Å². The fraction of sp³-hybridized carbons (Fsp3) is 0.333. The average Bonchev–Trinajstić information content (AvgIpc) is 3.10. The van der Waals surface area contributed by atoms with E-state index in [-0.39, 0.29) is 23.9 Å². The van der Waals surface area contributed by atoms with Crippen molar-refractivity contribution in [3.05, 3.63) is 70.2 Å². The summed E-state index contributed by atoms with van der Waals surface area (Å²) < 4.78 is 27.1. The van der Waals surface area contributed by atoms with Crippen LogP contribution in [0.5, 0.6) is 0 Å². The van der Waals surface area contributed by atoms with Crippen LogP contribution in [0.25, 0.3) is 0 Å². The SMILES string of the molecule is CC(C)C(=O)N(Cc1ccccc1Cl)CC1CC(c2ccc(F)cc2F)=NO1. The zero-order valence-corrected chi connectivity index (χ0v) is 16.4. The second kappa shape index (κ2) is 8.69. The number of carbonyl (C=O) groups is 1. The number of amides is 1. The third-order valence-electron chi connectivity index (χ3n) is 4.52. The largest absolute Gasteiger partial charge is 0.390 e. The Morgan fingerprint density at radius 1 is 1.29 bits per heavy atom. The number of benzene rings is 2. The third-order valence-corrected chi connectivity index (χ3v) is 4.89. The molecule has 2 aromatic rings. The Bertz CT molecular complexity index is 902. The maximum Gasteiger partial charge on any atom is 0.225 e. The van der Waals surface area contributed by atoms with Crippen LogP contribution in [0.4, 0.5) is 8.78 Å². The lowest BCUT2D eigenvalue weighted by Crippen LogP contribution is -2.39. The molecule has 0 aromatic heterocycles. The van der Waals surface area contributed by atoms with Crippen molar-refractivity contribution >= 4 is 23.2 Å². The highest BCUT2D eigenvalue weighted by atomic mass is 35.5. The minimum atomic E-state index is -0.686. The predicted molar refractivity (Wildman–Crippen MR) is 104 cm³/mol. The Morgan fingerprint density at radius 2 is 2.04 bits per heavy atom. The summed E-state index contributed by atoms with van der Waals surface area (Å²) in [5.41, 5.74) is 1.44. The first-order chi connectivity index (χ1) is 13.3. The van der Waals surface area contributed by atoms with Gasteiger partial charge in [0.25, 0.3) is 0 Å². The van der Waals surface area contributed by atoms with Crippen molar-refractivity contribution < 1.29 is 18.4 Å². The summed E-state index contributed by atoms with van der Waals surface area (Å²) in [6.45, 7) is 4.29. The molecule has 1 heterocycles. The molecule has 0 saturated heterocycles. The lowest BCUT2D eigenvalue weighted by Gasteiger charge is -2.27. The van der Waals surface area contributed by atoms with Crippen molar-refractivity contribution in [2.75, 3.05) is 6.54 Å². The summed E-state index contributed by atoms with van der Waals surface area (Å²) in [5.74, 6) is -1.57. The van der Waals surface area contributed by atoms with E-state index < -0.39 is 17.7 Å². The van der Waals surface area contributed by atoms with Crippen molar-refractivity contribution in [3.63, 3.8) is 0 Å². The maximum atomic E-state index is 14.0. The quantitative estimate of drug-likeness (QED) is 0.691. The summed E-state index contributed by atoms with van der Waals surface area (Å²) in [6, 6.07) is 10.7. The Balaban J connectivity index is 1.72. The van der Waals surface area contributed by atoms with E-state index in [9.17, 15) is 13.6 Å². The predicted octanol–water partition coefficient (Wildman–Crippen LogP) is 4.80. The van der Waals surface area contributed by atoms with E-state index in [1.807, 2.05) is 32.0 Å². The second-order valence-electron chi connectivity index (χ2n) is 7.06. The van der Waals surface area contributed by atoms with Crippen molar-refractivity contribution in [2.24, 2.45) is 11.1 Å².